The van der Waals surface area contributed by atoms with Crippen molar-refractivity contribution in [2.24, 2.45) is 0 Å². The molecule has 1 amide bonds. The third-order valence-corrected chi connectivity index (χ3v) is 4.30. The van der Waals surface area contributed by atoms with Crippen molar-refractivity contribution in [3.05, 3.63) is 41.2 Å². The van der Waals surface area contributed by atoms with E-state index in [0.29, 0.717) is 24.1 Å². The molecule has 2 saturated carbocycles. The fraction of sp³-hybridized carbons (Fsp3) is 0.438. The summed E-state index contributed by atoms with van der Waals surface area (Å²) in [4.78, 5) is 26.7. The molecule has 4 rings (SSSR count). The Labute approximate surface area is 137 Å². The summed E-state index contributed by atoms with van der Waals surface area (Å²) in [7, 11) is 0. The molecule has 8 heteroatoms. The van der Waals surface area contributed by atoms with Gasteiger partial charge in [-0.25, -0.2) is 9.78 Å². The Morgan fingerprint density at radius 3 is 2.58 bits per heavy atom. The molecule has 0 spiro atoms. The molecule has 0 unspecified atom stereocenters. The molecule has 2 aliphatic rings. The monoisotopic (exact) mass is 327 g/mol. The zero-order valence-corrected chi connectivity index (χ0v) is 13.0. The molecule has 124 valence electrons. The van der Waals surface area contributed by atoms with E-state index in [1.165, 1.54) is 31.2 Å². The van der Waals surface area contributed by atoms with Crippen molar-refractivity contribution >= 4 is 11.9 Å². The highest BCUT2D eigenvalue weighted by molar-refractivity contribution is 5.94. The first-order chi connectivity index (χ1) is 11.6. The summed E-state index contributed by atoms with van der Waals surface area (Å²) < 4.78 is 2.18. The number of nitrogens with one attached hydrogen (secondary N) is 1. The van der Waals surface area contributed by atoms with E-state index in [2.05, 4.69) is 25.1 Å². The van der Waals surface area contributed by atoms with Crippen LogP contribution in [0.15, 0.2) is 18.3 Å². The van der Waals surface area contributed by atoms with Gasteiger partial charge in [-0.3, -0.25) is 4.79 Å². The lowest BCUT2D eigenvalue weighted by atomic mass is 10.2. The van der Waals surface area contributed by atoms with E-state index in [0.717, 1.165) is 24.5 Å². The highest BCUT2D eigenvalue weighted by atomic mass is 16.4. The predicted octanol–water partition coefficient (Wildman–Crippen LogP) is 1.51. The van der Waals surface area contributed by atoms with Crippen LogP contribution in [-0.4, -0.2) is 36.7 Å². The van der Waals surface area contributed by atoms with E-state index in [1.807, 2.05) is 0 Å². The van der Waals surface area contributed by atoms with E-state index in [9.17, 15) is 9.59 Å². The number of aromatic carboxylic acids is 1. The van der Waals surface area contributed by atoms with Gasteiger partial charge < -0.3 is 15.0 Å². The number of hydrogen-bond acceptors (Lipinski definition) is 5. The van der Waals surface area contributed by atoms with Gasteiger partial charge in [-0.1, -0.05) is 0 Å². The van der Waals surface area contributed by atoms with Gasteiger partial charge in [0.1, 0.15) is 11.5 Å². The van der Waals surface area contributed by atoms with Crippen molar-refractivity contribution in [3.63, 3.8) is 0 Å². The minimum Gasteiger partial charge on any atom is -0.477 e. The number of aromatic nitrogens is 4. The Morgan fingerprint density at radius 2 is 2.00 bits per heavy atom. The lowest BCUT2D eigenvalue weighted by Crippen LogP contribution is -2.25. The minimum atomic E-state index is -1.12. The van der Waals surface area contributed by atoms with Crippen LogP contribution in [0.1, 0.15) is 70.1 Å². The maximum absolute atomic E-state index is 12.2. The van der Waals surface area contributed by atoms with Crippen LogP contribution in [0.2, 0.25) is 0 Å². The Balaban J connectivity index is 1.45. The van der Waals surface area contributed by atoms with Crippen molar-refractivity contribution in [2.75, 3.05) is 0 Å². The molecule has 8 nitrogen and oxygen atoms in total. The minimum absolute atomic E-state index is 0.0888. The summed E-state index contributed by atoms with van der Waals surface area (Å²) in [5.74, 6) is 0.928. The largest absolute Gasteiger partial charge is 0.477 e. The molecule has 0 aromatic carbocycles. The van der Waals surface area contributed by atoms with Gasteiger partial charge >= 0.3 is 5.97 Å². The molecule has 0 saturated heterocycles. The Kier molecular flexibility index (Phi) is 3.51. The van der Waals surface area contributed by atoms with Crippen molar-refractivity contribution in [2.45, 2.75) is 44.2 Å². The summed E-state index contributed by atoms with van der Waals surface area (Å²) in [6.45, 7) is 0.301. The number of amides is 1. The smallest absolute Gasteiger partial charge is 0.354 e. The summed E-state index contributed by atoms with van der Waals surface area (Å²) in [5, 5.41) is 20.2. The molecular weight excluding hydrogens is 310 g/mol. The second kappa shape index (κ2) is 5.70. The highest BCUT2D eigenvalue weighted by Gasteiger charge is 2.36. The van der Waals surface area contributed by atoms with E-state index in [-0.39, 0.29) is 11.6 Å². The van der Waals surface area contributed by atoms with Crippen molar-refractivity contribution in [3.8, 4) is 0 Å². The van der Waals surface area contributed by atoms with E-state index in [1.54, 1.807) is 0 Å². The molecular formula is C16H17N5O3. The van der Waals surface area contributed by atoms with Crippen LogP contribution in [-0.2, 0) is 6.54 Å². The molecule has 2 aliphatic carbocycles. The molecule has 2 N–H and O–H groups in total. The van der Waals surface area contributed by atoms with E-state index >= 15 is 0 Å². The first kappa shape index (κ1) is 14.8. The number of carboxylic acid groups (broad SMARTS) is 1. The number of carbonyl (C=O) groups excluding carboxylic acids is 1. The Morgan fingerprint density at radius 1 is 1.21 bits per heavy atom. The molecule has 0 atom stereocenters. The summed E-state index contributed by atoms with van der Waals surface area (Å²) >= 11 is 0. The average Bonchev–Trinajstić information content (AvgIpc) is 3.51. The van der Waals surface area contributed by atoms with Crippen LogP contribution in [0.4, 0.5) is 0 Å². The lowest BCUT2D eigenvalue weighted by molar-refractivity contribution is 0.0689. The van der Waals surface area contributed by atoms with Crippen LogP contribution in [0, 0.1) is 0 Å². The fourth-order valence-electron chi connectivity index (χ4n) is 2.72. The summed E-state index contributed by atoms with van der Waals surface area (Å²) in [6.07, 6.45) is 5.87. The van der Waals surface area contributed by atoms with E-state index < -0.39 is 5.97 Å². The maximum Gasteiger partial charge on any atom is 0.354 e. The van der Waals surface area contributed by atoms with Crippen molar-refractivity contribution in [1.29, 1.82) is 0 Å². The second-order valence-electron chi connectivity index (χ2n) is 6.27. The van der Waals surface area contributed by atoms with Gasteiger partial charge in [0.2, 0.25) is 0 Å². The van der Waals surface area contributed by atoms with Gasteiger partial charge in [-0.15, -0.1) is 10.2 Å². The number of rotatable bonds is 6. The van der Waals surface area contributed by atoms with Crippen molar-refractivity contribution in [1.82, 2.24) is 25.1 Å². The van der Waals surface area contributed by atoms with Crippen LogP contribution < -0.4 is 5.32 Å². The standard InChI is InChI=1S/C16H17N5O3/c22-15(10-3-6-12(16(23)24)17-7-10)18-8-13-19-20-14(9-1-2-9)21(13)11-4-5-11/h3,6-7,9,11H,1-2,4-5,8H2,(H,18,22)(H,23,24). The zero-order valence-electron chi connectivity index (χ0n) is 13.0. The normalized spacial score (nSPS) is 16.8. The van der Waals surface area contributed by atoms with Gasteiger partial charge in [0, 0.05) is 18.2 Å². The molecule has 2 aromatic heterocycles. The maximum atomic E-state index is 12.2. The first-order valence-electron chi connectivity index (χ1n) is 8.04. The Hall–Kier alpha value is -2.77. The lowest BCUT2D eigenvalue weighted by Gasteiger charge is -2.09. The SMILES string of the molecule is O=C(NCc1nnc(C2CC2)n1C1CC1)c1ccc(C(=O)O)nc1. The summed E-state index contributed by atoms with van der Waals surface area (Å²) in [5.41, 5.74) is 0.231. The number of hydrogen-bond donors (Lipinski definition) is 2. The molecule has 0 aliphatic heterocycles. The molecule has 0 bridgehead atoms. The van der Waals surface area contributed by atoms with Crippen LogP contribution in [0.3, 0.4) is 0 Å². The van der Waals surface area contributed by atoms with Crippen LogP contribution in [0.25, 0.3) is 0 Å². The number of carbonyl (C=O) groups is 2. The molecule has 2 fully saturated rings. The second-order valence-corrected chi connectivity index (χ2v) is 6.27. The molecule has 2 aromatic rings. The summed E-state index contributed by atoms with van der Waals surface area (Å²) in [6, 6.07) is 3.24. The van der Waals surface area contributed by atoms with E-state index in [4.69, 9.17) is 5.11 Å². The third-order valence-electron chi connectivity index (χ3n) is 4.30. The first-order valence-corrected chi connectivity index (χ1v) is 8.04. The average molecular weight is 327 g/mol. The number of nitrogens with zero attached hydrogens (tertiary/aromatic N) is 4. The highest BCUT2D eigenvalue weighted by Crippen LogP contribution is 2.44. The Bertz CT molecular complexity index is 791. The number of carboxylic acids is 1. The fourth-order valence-corrected chi connectivity index (χ4v) is 2.72. The predicted molar refractivity (Wildman–Crippen MR) is 82.6 cm³/mol. The molecule has 24 heavy (non-hydrogen) atoms. The van der Waals surface area contributed by atoms with Gasteiger partial charge in [0.05, 0.1) is 12.1 Å². The topological polar surface area (TPSA) is 110 Å². The third kappa shape index (κ3) is 2.86. The van der Waals surface area contributed by atoms with Crippen LogP contribution in [0.5, 0.6) is 0 Å². The van der Waals surface area contributed by atoms with Gasteiger partial charge in [0.15, 0.2) is 5.82 Å². The van der Waals surface area contributed by atoms with Gasteiger partial charge in [-0.05, 0) is 37.8 Å². The quantitative estimate of drug-likeness (QED) is 0.832. The van der Waals surface area contributed by atoms with Crippen molar-refractivity contribution < 1.29 is 14.7 Å². The molecule has 0 radical (unpaired) electrons. The van der Waals surface area contributed by atoms with Gasteiger partial charge in [0.25, 0.3) is 5.91 Å². The zero-order chi connectivity index (χ0) is 16.7. The van der Waals surface area contributed by atoms with Crippen LogP contribution >= 0.6 is 0 Å². The van der Waals surface area contributed by atoms with Gasteiger partial charge in [-0.2, -0.15) is 0 Å². The molecule has 2 heterocycles. The number of pyridine rings is 1.